The third kappa shape index (κ3) is 2.68. The van der Waals surface area contributed by atoms with Crippen LogP contribution in [0.1, 0.15) is 43.0 Å². The smallest absolute Gasteiger partial charge is 0.234 e. The van der Waals surface area contributed by atoms with Crippen LogP contribution in [-0.4, -0.2) is 22.6 Å². The molecular weight excluding hydrogens is 313 g/mol. The van der Waals surface area contributed by atoms with Gasteiger partial charge in [-0.25, -0.2) is 0 Å². The second kappa shape index (κ2) is 6.17. The summed E-state index contributed by atoms with van der Waals surface area (Å²) in [7, 11) is 0. The number of rotatable bonds is 2. The van der Waals surface area contributed by atoms with Crippen molar-refractivity contribution in [1.82, 2.24) is 4.90 Å². The van der Waals surface area contributed by atoms with Crippen molar-refractivity contribution in [3.8, 4) is 0 Å². The van der Waals surface area contributed by atoms with Crippen molar-refractivity contribution in [3.05, 3.63) is 33.8 Å². The summed E-state index contributed by atoms with van der Waals surface area (Å²) in [6, 6.07) is 5.90. The number of thioether (sulfide) groups is 1. The van der Waals surface area contributed by atoms with Crippen LogP contribution in [0, 0.1) is 0 Å². The summed E-state index contributed by atoms with van der Waals surface area (Å²) in [4.78, 5) is 14.3. The first-order valence-electron chi connectivity index (χ1n) is 7.05. The number of amides is 1. The summed E-state index contributed by atoms with van der Waals surface area (Å²) in [6.07, 6.45) is 5.91. The molecule has 2 aliphatic rings. The maximum absolute atomic E-state index is 12.3. The molecule has 1 saturated heterocycles. The van der Waals surface area contributed by atoms with Gasteiger partial charge in [-0.05, 0) is 25.0 Å². The minimum absolute atomic E-state index is 0.0215. The maximum Gasteiger partial charge on any atom is 0.234 e. The molecule has 0 N–H and O–H groups in total. The van der Waals surface area contributed by atoms with Gasteiger partial charge >= 0.3 is 0 Å². The van der Waals surface area contributed by atoms with Crippen molar-refractivity contribution in [3.63, 3.8) is 0 Å². The third-order valence-corrected chi connectivity index (χ3v) is 5.97. The Balaban J connectivity index is 1.93. The molecule has 1 aromatic carbocycles. The molecule has 1 aromatic rings. The molecule has 108 valence electrons. The second-order valence-corrected chi connectivity index (χ2v) is 7.27. The topological polar surface area (TPSA) is 20.3 Å². The van der Waals surface area contributed by atoms with Gasteiger partial charge in [0, 0.05) is 21.7 Å². The molecule has 0 spiro atoms. The molecule has 3 rings (SSSR count). The van der Waals surface area contributed by atoms with Crippen LogP contribution < -0.4 is 0 Å². The van der Waals surface area contributed by atoms with Crippen LogP contribution in [0.15, 0.2) is 18.2 Å². The molecule has 0 radical (unpaired) electrons. The van der Waals surface area contributed by atoms with Crippen LogP contribution in [-0.2, 0) is 4.79 Å². The zero-order valence-electron chi connectivity index (χ0n) is 11.1. The average molecular weight is 330 g/mol. The van der Waals surface area contributed by atoms with Crippen LogP contribution in [0.5, 0.6) is 0 Å². The summed E-state index contributed by atoms with van der Waals surface area (Å²) in [6.45, 7) is 0. The summed E-state index contributed by atoms with van der Waals surface area (Å²) in [5, 5.41) is 1.29. The van der Waals surface area contributed by atoms with Crippen LogP contribution in [0.25, 0.3) is 0 Å². The van der Waals surface area contributed by atoms with Gasteiger partial charge in [0.25, 0.3) is 0 Å². The Morgan fingerprint density at radius 2 is 1.75 bits per heavy atom. The maximum atomic E-state index is 12.3. The molecule has 1 saturated carbocycles. The Morgan fingerprint density at radius 3 is 2.40 bits per heavy atom. The van der Waals surface area contributed by atoms with Crippen LogP contribution in [0.4, 0.5) is 0 Å². The van der Waals surface area contributed by atoms with Gasteiger partial charge in [-0.15, -0.1) is 11.8 Å². The molecule has 1 unspecified atom stereocenters. The van der Waals surface area contributed by atoms with E-state index in [-0.39, 0.29) is 11.3 Å². The van der Waals surface area contributed by atoms with Crippen molar-refractivity contribution >= 4 is 40.9 Å². The highest BCUT2D eigenvalue weighted by molar-refractivity contribution is 8.00. The number of nitrogens with zero attached hydrogens (tertiary/aromatic N) is 1. The highest BCUT2D eigenvalue weighted by Crippen LogP contribution is 2.47. The van der Waals surface area contributed by atoms with E-state index in [9.17, 15) is 4.79 Å². The second-order valence-electron chi connectivity index (χ2n) is 5.39. The van der Waals surface area contributed by atoms with Crippen LogP contribution in [0.3, 0.4) is 0 Å². The molecule has 1 aliphatic heterocycles. The SMILES string of the molecule is O=C1CSC(c2c(Cl)cccc2Cl)N1C1CCCCC1. The molecule has 1 atom stereocenters. The monoisotopic (exact) mass is 329 g/mol. The molecule has 1 heterocycles. The van der Waals surface area contributed by atoms with Gasteiger partial charge in [-0.3, -0.25) is 4.79 Å². The van der Waals surface area contributed by atoms with Gasteiger partial charge < -0.3 is 4.90 Å². The lowest BCUT2D eigenvalue weighted by Gasteiger charge is -2.35. The van der Waals surface area contributed by atoms with E-state index in [1.54, 1.807) is 11.8 Å². The summed E-state index contributed by atoms with van der Waals surface area (Å²) >= 11 is 14.3. The molecule has 20 heavy (non-hydrogen) atoms. The van der Waals surface area contributed by atoms with Crippen molar-refractivity contribution in [1.29, 1.82) is 0 Å². The molecule has 1 aliphatic carbocycles. The number of carbonyl (C=O) groups excluding carboxylic acids is 1. The summed E-state index contributed by atoms with van der Waals surface area (Å²) in [5.41, 5.74) is 0.900. The first-order valence-corrected chi connectivity index (χ1v) is 8.85. The number of hydrogen-bond acceptors (Lipinski definition) is 2. The van der Waals surface area contributed by atoms with E-state index in [2.05, 4.69) is 0 Å². The number of benzene rings is 1. The lowest BCUT2D eigenvalue weighted by molar-refractivity contribution is -0.131. The largest absolute Gasteiger partial charge is 0.323 e. The first-order chi connectivity index (χ1) is 9.68. The predicted molar refractivity (Wildman–Crippen MR) is 85.4 cm³/mol. The summed E-state index contributed by atoms with van der Waals surface area (Å²) in [5.74, 6) is 0.755. The Hall–Kier alpha value is -0.380. The first kappa shape index (κ1) is 14.6. The number of carbonyl (C=O) groups is 1. The van der Waals surface area contributed by atoms with Gasteiger partial charge in [0.15, 0.2) is 0 Å². The van der Waals surface area contributed by atoms with E-state index >= 15 is 0 Å². The van der Waals surface area contributed by atoms with Crippen molar-refractivity contribution in [2.75, 3.05) is 5.75 Å². The lowest BCUT2D eigenvalue weighted by Crippen LogP contribution is -2.39. The molecule has 5 heteroatoms. The van der Waals surface area contributed by atoms with Gasteiger partial charge in [-0.2, -0.15) is 0 Å². The van der Waals surface area contributed by atoms with E-state index in [1.165, 1.54) is 19.3 Å². The Morgan fingerprint density at radius 1 is 1.10 bits per heavy atom. The molecular formula is C15H17Cl2NOS. The lowest BCUT2D eigenvalue weighted by atomic mass is 9.93. The zero-order chi connectivity index (χ0) is 14.1. The molecule has 2 fully saturated rings. The van der Waals surface area contributed by atoms with Crippen molar-refractivity contribution < 1.29 is 4.79 Å². The molecule has 0 bridgehead atoms. The number of hydrogen-bond donors (Lipinski definition) is 0. The Labute approximate surface area is 133 Å². The zero-order valence-corrected chi connectivity index (χ0v) is 13.5. The highest BCUT2D eigenvalue weighted by atomic mass is 35.5. The Kier molecular flexibility index (Phi) is 4.49. The average Bonchev–Trinajstić information content (AvgIpc) is 2.81. The standard InChI is InChI=1S/C15H17Cl2NOS/c16-11-7-4-8-12(17)14(11)15-18(13(19)9-20-15)10-5-2-1-3-6-10/h4,7-8,10,15H,1-3,5-6,9H2. The van der Waals surface area contributed by atoms with Crippen LogP contribution >= 0.6 is 35.0 Å². The van der Waals surface area contributed by atoms with Gasteiger partial charge in [0.1, 0.15) is 5.37 Å². The fourth-order valence-electron chi connectivity index (χ4n) is 3.16. The highest BCUT2D eigenvalue weighted by Gasteiger charge is 2.39. The normalized spacial score (nSPS) is 24.4. The quantitative estimate of drug-likeness (QED) is 0.769. The molecule has 1 amide bonds. The molecule has 0 aromatic heterocycles. The van der Waals surface area contributed by atoms with E-state index in [0.29, 0.717) is 21.8 Å². The minimum atomic E-state index is -0.0215. The summed E-state index contributed by atoms with van der Waals surface area (Å²) < 4.78 is 0. The fourth-order valence-corrected chi connectivity index (χ4v) is 5.21. The van der Waals surface area contributed by atoms with E-state index in [1.807, 2.05) is 23.1 Å². The van der Waals surface area contributed by atoms with E-state index in [4.69, 9.17) is 23.2 Å². The predicted octanol–water partition coefficient (Wildman–Crippen LogP) is 4.90. The third-order valence-electron chi connectivity index (χ3n) is 4.12. The molecule has 2 nitrogen and oxygen atoms in total. The van der Waals surface area contributed by atoms with Gasteiger partial charge in [0.05, 0.1) is 5.75 Å². The van der Waals surface area contributed by atoms with Gasteiger partial charge in [-0.1, -0.05) is 48.5 Å². The fraction of sp³-hybridized carbons (Fsp3) is 0.533. The van der Waals surface area contributed by atoms with Gasteiger partial charge in [0.2, 0.25) is 5.91 Å². The number of halogens is 2. The van der Waals surface area contributed by atoms with E-state index in [0.717, 1.165) is 18.4 Å². The van der Waals surface area contributed by atoms with Crippen molar-refractivity contribution in [2.24, 2.45) is 0 Å². The minimum Gasteiger partial charge on any atom is -0.323 e. The van der Waals surface area contributed by atoms with E-state index < -0.39 is 0 Å². The van der Waals surface area contributed by atoms with Crippen LogP contribution in [0.2, 0.25) is 10.0 Å². The van der Waals surface area contributed by atoms with Crippen molar-refractivity contribution in [2.45, 2.75) is 43.5 Å². The Bertz CT molecular complexity index is 496.